The van der Waals surface area contributed by atoms with Crippen molar-refractivity contribution in [3.63, 3.8) is 0 Å². The molecular formula is C13H13BrN2O2. The number of nitriles is 1. The number of hydrogen-bond donors (Lipinski definition) is 1. The highest BCUT2D eigenvalue weighted by Gasteiger charge is 2.24. The van der Waals surface area contributed by atoms with Crippen LogP contribution in [0, 0.1) is 17.2 Å². The molecule has 0 aromatic heterocycles. The number of phenolic OH excluding ortho intramolecular Hbond substituents is 1. The smallest absolute Gasteiger partial charge is 0.254 e. The molecule has 1 aromatic rings. The first-order valence-electron chi connectivity index (χ1n) is 5.79. The van der Waals surface area contributed by atoms with Crippen LogP contribution in [-0.2, 0) is 0 Å². The lowest BCUT2D eigenvalue weighted by molar-refractivity contribution is 0.0698. The molecule has 1 saturated heterocycles. The molecule has 1 amide bonds. The second-order valence-electron chi connectivity index (χ2n) is 4.39. The maximum absolute atomic E-state index is 12.2. The zero-order valence-electron chi connectivity index (χ0n) is 9.77. The molecule has 94 valence electrons. The first-order chi connectivity index (χ1) is 8.61. The van der Waals surface area contributed by atoms with E-state index in [-0.39, 0.29) is 17.6 Å². The van der Waals surface area contributed by atoms with Crippen molar-refractivity contribution in [3.05, 3.63) is 28.2 Å². The molecule has 0 bridgehead atoms. The number of amides is 1. The van der Waals surface area contributed by atoms with E-state index in [4.69, 9.17) is 5.26 Å². The normalized spacial score (nSPS) is 19.3. The highest BCUT2D eigenvalue weighted by molar-refractivity contribution is 9.10. The van der Waals surface area contributed by atoms with Gasteiger partial charge in [-0.3, -0.25) is 4.79 Å². The predicted molar refractivity (Wildman–Crippen MR) is 70.0 cm³/mol. The van der Waals surface area contributed by atoms with E-state index in [0.717, 1.165) is 12.8 Å². The lowest BCUT2D eigenvalue weighted by atomic mass is 9.99. The maximum atomic E-state index is 12.2. The largest absolute Gasteiger partial charge is 0.507 e. The van der Waals surface area contributed by atoms with Gasteiger partial charge in [-0.15, -0.1) is 0 Å². The number of carbonyl (C=O) groups is 1. The quantitative estimate of drug-likeness (QED) is 0.867. The maximum Gasteiger partial charge on any atom is 0.254 e. The number of likely N-dealkylation sites (tertiary alicyclic amines) is 1. The van der Waals surface area contributed by atoms with Gasteiger partial charge in [0.05, 0.1) is 16.5 Å². The van der Waals surface area contributed by atoms with Crippen molar-refractivity contribution < 1.29 is 9.90 Å². The second-order valence-corrected chi connectivity index (χ2v) is 5.24. The van der Waals surface area contributed by atoms with Gasteiger partial charge in [0.15, 0.2) is 0 Å². The van der Waals surface area contributed by atoms with Crippen molar-refractivity contribution in [2.24, 2.45) is 5.92 Å². The van der Waals surface area contributed by atoms with Crippen LogP contribution >= 0.6 is 15.9 Å². The van der Waals surface area contributed by atoms with Gasteiger partial charge in [0, 0.05) is 18.7 Å². The van der Waals surface area contributed by atoms with E-state index in [1.54, 1.807) is 17.0 Å². The molecule has 0 radical (unpaired) electrons. The third-order valence-corrected chi connectivity index (χ3v) is 3.75. The molecule has 5 heteroatoms. The third kappa shape index (κ3) is 2.65. The van der Waals surface area contributed by atoms with Crippen LogP contribution in [0.1, 0.15) is 23.2 Å². The van der Waals surface area contributed by atoms with Crippen LogP contribution in [0.15, 0.2) is 22.7 Å². The standard InChI is InChI=1S/C13H13BrN2O2/c14-11-4-3-10(6-12(11)17)13(18)16-5-1-2-9(7-15)8-16/h3-4,6,9,17H,1-2,5,8H2. The van der Waals surface area contributed by atoms with Crippen LogP contribution in [0.25, 0.3) is 0 Å². The molecule has 0 spiro atoms. The van der Waals surface area contributed by atoms with Crippen molar-refractivity contribution in [2.75, 3.05) is 13.1 Å². The van der Waals surface area contributed by atoms with Crippen molar-refractivity contribution in [2.45, 2.75) is 12.8 Å². The Kier molecular flexibility index (Phi) is 3.87. The zero-order valence-corrected chi connectivity index (χ0v) is 11.4. The summed E-state index contributed by atoms with van der Waals surface area (Å²) in [4.78, 5) is 13.9. The van der Waals surface area contributed by atoms with Crippen molar-refractivity contribution in [1.82, 2.24) is 4.90 Å². The summed E-state index contributed by atoms with van der Waals surface area (Å²) in [6.45, 7) is 1.15. The fraction of sp³-hybridized carbons (Fsp3) is 0.385. The number of benzene rings is 1. The summed E-state index contributed by atoms with van der Waals surface area (Å²) in [5.41, 5.74) is 0.453. The SMILES string of the molecule is N#CC1CCCN(C(=O)c2ccc(Br)c(O)c2)C1. The van der Waals surface area contributed by atoms with E-state index >= 15 is 0 Å². The van der Waals surface area contributed by atoms with Crippen LogP contribution in [0.3, 0.4) is 0 Å². The Morgan fingerprint density at radius 2 is 2.33 bits per heavy atom. The zero-order chi connectivity index (χ0) is 13.1. The summed E-state index contributed by atoms with van der Waals surface area (Å²) in [6, 6.07) is 6.97. The average Bonchev–Trinajstić information content (AvgIpc) is 2.41. The molecule has 1 atom stereocenters. The Morgan fingerprint density at radius 3 is 3.00 bits per heavy atom. The summed E-state index contributed by atoms with van der Waals surface area (Å²) >= 11 is 3.18. The minimum atomic E-state index is -0.127. The van der Waals surface area contributed by atoms with E-state index in [9.17, 15) is 9.90 Å². The number of halogens is 1. The molecule has 0 aliphatic carbocycles. The lowest BCUT2D eigenvalue weighted by Gasteiger charge is -2.29. The molecule has 1 fully saturated rings. The summed E-state index contributed by atoms with van der Waals surface area (Å²) in [5, 5.41) is 18.5. The van der Waals surface area contributed by atoms with Gasteiger partial charge in [0.2, 0.25) is 0 Å². The number of aromatic hydroxyl groups is 1. The highest BCUT2D eigenvalue weighted by atomic mass is 79.9. The molecule has 1 N–H and O–H groups in total. The molecule has 0 saturated carbocycles. The van der Waals surface area contributed by atoms with Gasteiger partial charge in [0.1, 0.15) is 5.75 Å². The van der Waals surface area contributed by atoms with Crippen molar-refractivity contribution in [3.8, 4) is 11.8 Å². The Bertz CT molecular complexity index is 510. The average molecular weight is 309 g/mol. The summed E-state index contributed by atoms with van der Waals surface area (Å²) in [7, 11) is 0. The molecular weight excluding hydrogens is 296 g/mol. The van der Waals surface area contributed by atoms with Gasteiger partial charge in [-0.2, -0.15) is 5.26 Å². The lowest BCUT2D eigenvalue weighted by Crippen LogP contribution is -2.39. The summed E-state index contributed by atoms with van der Waals surface area (Å²) < 4.78 is 0.563. The van der Waals surface area contributed by atoms with Crippen LogP contribution < -0.4 is 0 Å². The topological polar surface area (TPSA) is 64.3 Å². The van der Waals surface area contributed by atoms with Crippen LogP contribution in [-0.4, -0.2) is 29.0 Å². The Morgan fingerprint density at radius 1 is 1.56 bits per heavy atom. The minimum absolute atomic E-state index is 0.0506. The van der Waals surface area contributed by atoms with Gasteiger partial charge in [0.25, 0.3) is 5.91 Å². The summed E-state index contributed by atoms with van der Waals surface area (Å²) in [6.07, 6.45) is 1.71. The highest BCUT2D eigenvalue weighted by Crippen LogP contribution is 2.26. The molecule has 4 nitrogen and oxygen atoms in total. The van der Waals surface area contributed by atoms with Gasteiger partial charge in [-0.05, 0) is 47.0 Å². The molecule has 1 heterocycles. The van der Waals surface area contributed by atoms with Crippen LogP contribution in [0.2, 0.25) is 0 Å². The predicted octanol–water partition coefficient (Wildman–Crippen LogP) is 2.53. The monoisotopic (exact) mass is 308 g/mol. The second kappa shape index (κ2) is 5.40. The number of rotatable bonds is 1. The van der Waals surface area contributed by atoms with Crippen LogP contribution in [0.4, 0.5) is 0 Å². The third-order valence-electron chi connectivity index (χ3n) is 3.08. The van der Waals surface area contributed by atoms with Gasteiger partial charge >= 0.3 is 0 Å². The van der Waals surface area contributed by atoms with Crippen molar-refractivity contribution in [1.29, 1.82) is 5.26 Å². The number of carbonyl (C=O) groups excluding carboxylic acids is 1. The van der Waals surface area contributed by atoms with Crippen LogP contribution in [0.5, 0.6) is 5.75 Å². The van der Waals surface area contributed by atoms with Gasteiger partial charge in [-0.25, -0.2) is 0 Å². The fourth-order valence-corrected chi connectivity index (χ4v) is 2.34. The Balaban J connectivity index is 2.15. The van der Waals surface area contributed by atoms with Crippen molar-refractivity contribution >= 4 is 21.8 Å². The number of piperidine rings is 1. The fourth-order valence-electron chi connectivity index (χ4n) is 2.10. The van der Waals surface area contributed by atoms with E-state index in [2.05, 4.69) is 22.0 Å². The number of phenols is 1. The first kappa shape index (κ1) is 12.9. The van der Waals surface area contributed by atoms with E-state index < -0.39 is 0 Å². The number of hydrogen-bond acceptors (Lipinski definition) is 3. The number of nitrogens with zero attached hydrogens (tertiary/aromatic N) is 2. The molecule has 1 unspecified atom stereocenters. The van der Waals surface area contributed by atoms with E-state index in [0.29, 0.717) is 23.1 Å². The molecule has 1 aliphatic heterocycles. The Hall–Kier alpha value is -1.54. The molecule has 18 heavy (non-hydrogen) atoms. The minimum Gasteiger partial charge on any atom is -0.507 e. The molecule has 2 rings (SSSR count). The summed E-state index contributed by atoms with van der Waals surface area (Å²) in [5.74, 6) is -0.154. The van der Waals surface area contributed by atoms with E-state index in [1.807, 2.05) is 0 Å². The Labute approximate surface area is 114 Å². The van der Waals surface area contributed by atoms with Gasteiger partial charge in [-0.1, -0.05) is 0 Å². The van der Waals surface area contributed by atoms with Gasteiger partial charge < -0.3 is 10.0 Å². The first-order valence-corrected chi connectivity index (χ1v) is 6.58. The molecule has 1 aliphatic rings. The van der Waals surface area contributed by atoms with E-state index in [1.165, 1.54) is 6.07 Å². The molecule has 1 aromatic carbocycles.